The Labute approximate surface area is 172 Å². The van der Waals surface area contributed by atoms with Crippen LogP contribution >= 0.6 is 22.7 Å². The molecule has 0 bridgehead atoms. The first-order chi connectivity index (χ1) is 13.5. The summed E-state index contributed by atoms with van der Waals surface area (Å²) in [6, 6.07) is 9.46. The first kappa shape index (κ1) is 18.8. The fraction of sp³-hybridized carbons (Fsp3) is 0.286. The number of anilines is 1. The lowest BCUT2D eigenvalue weighted by molar-refractivity contribution is -0.119. The summed E-state index contributed by atoms with van der Waals surface area (Å²) in [5.74, 6) is -0.230. The van der Waals surface area contributed by atoms with Crippen LogP contribution in [0.25, 0.3) is 11.3 Å². The number of nitrogens with one attached hydrogen (secondary N) is 1. The number of aromatic nitrogens is 1. The van der Waals surface area contributed by atoms with Gasteiger partial charge in [0.2, 0.25) is 5.91 Å². The van der Waals surface area contributed by atoms with E-state index in [1.807, 2.05) is 16.8 Å². The molecule has 3 aromatic rings. The molecule has 144 valence electrons. The van der Waals surface area contributed by atoms with Crippen molar-refractivity contribution in [2.45, 2.75) is 32.7 Å². The minimum atomic E-state index is -0.442. The van der Waals surface area contributed by atoms with Gasteiger partial charge < -0.3 is 10.2 Å². The third-order valence-corrected chi connectivity index (χ3v) is 6.56. The topological polar surface area (TPSA) is 62.3 Å². The quantitative estimate of drug-likeness (QED) is 0.675. The molecule has 5 nitrogen and oxygen atoms in total. The predicted octanol–water partition coefficient (Wildman–Crippen LogP) is 4.73. The van der Waals surface area contributed by atoms with Gasteiger partial charge in [-0.05, 0) is 43.7 Å². The first-order valence-electron chi connectivity index (χ1n) is 9.21. The van der Waals surface area contributed by atoms with E-state index in [1.165, 1.54) is 28.2 Å². The highest BCUT2D eigenvalue weighted by Gasteiger charge is 2.35. The van der Waals surface area contributed by atoms with Gasteiger partial charge in [0.15, 0.2) is 5.13 Å². The van der Waals surface area contributed by atoms with Crippen molar-refractivity contribution in [3.05, 3.63) is 57.1 Å². The van der Waals surface area contributed by atoms with Crippen LogP contribution in [0.1, 0.15) is 33.6 Å². The summed E-state index contributed by atoms with van der Waals surface area (Å²) in [7, 11) is 0. The van der Waals surface area contributed by atoms with Crippen LogP contribution in [0.15, 0.2) is 41.1 Å². The molecular formula is C21H21N3O2S2. The van der Waals surface area contributed by atoms with Crippen LogP contribution in [0, 0.1) is 13.8 Å². The summed E-state index contributed by atoms with van der Waals surface area (Å²) in [6.45, 7) is 4.74. The molecule has 1 fully saturated rings. The van der Waals surface area contributed by atoms with Crippen LogP contribution in [0.4, 0.5) is 5.13 Å². The Kier molecular flexibility index (Phi) is 5.28. The summed E-state index contributed by atoms with van der Waals surface area (Å²) in [5, 5.41) is 7.31. The molecule has 2 aromatic heterocycles. The number of thiazole rings is 1. The van der Waals surface area contributed by atoms with Gasteiger partial charge in [-0.1, -0.05) is 29.8 Å². The number of aryl methyl sites for hydroxylation is 2. The lowest BCUT2D eigenvalue weighted by Crippen LogP contribution is -2.42. The Hall–Kier alpha value is -2.51. The summed E-state index contributed by atoms with van der Waals surface area (Å²) < 4.78 is 0. The molecule has 1 aliphatic heterocycles. The number of likely N-dealkylation sites (tertiary alicyclic amines) is 1. The van der Waals surface area contributed by atoms with Crippen molar-refractivity contribution < 1.29 is 9.59 Å². The molecule has 0 spiro atoms. The Bertz CT molecular complexity index is 1010. The number of carbonyl (C=O) groups is 2. The standard InChI is InChI=1S/C21H21N3O2S2/c1-13-7-8-15(14(2)11-13)16-12-28-21(22-16)23-19(25)17-5-3-9-24(17)20(26)18-6-4-10-27-18/h4,6-8,10-12,17H,3,5,9H2,1-2H3,(H,22,23,25). The number of carbonyl (C=O) groups excluding carboxylic acids is 2. The molecule has 1 aromatic carbocycles. The number of thiophene rings is 1. The van der Waals surface area contributed by atoms with Crippen LogP contribution in [0.2, 0.25) is 0 Å². The van der Waals surface area contributed by atoms with Gasteiger partial charge >= 0.3 is 0 Å². The van der Waals surface area contributed by atoms with E-state index in [1.54, 1.807) is 11.0 Å². The highest BCUT2D eigenvalue weighted by Crippen LogP contribution is 2.29. The second-order valence-corrected chi connectivity index (χ2v) is 8.79. The zero-order valence-corrected chi connectivity index (χ0v) is 17.4. The lowest BCUT2D eigenvalue weighted by Gasteiger charge is -2.22. The van der Waals surface area contributed by atoms with Crippen LogP contribution < -0.4 is 5.32 Å². The zero-order valence-electron chi connectivity index (χ0n) is 15.8. The van der Waals surface area contributed by atoms with Crippen molar-refractivity contribution in [1.29, 1.82) is 0 Å². The minimum Gasteiger partial charge on any atom is -0.326 e. The maximum absolute atomic E-state index is 12.8. The van der Waals surface area contributed by atoms with E-state index in [0.29, 0.717) is 23.0 Å². The van der Waals surface area contributed by atoms with Gasteiger partial charge in [-0.3, -0.25) is 9.59 Å². The second kappa shape index (κ2) is 7.85. The van der Waals surface area contributed by atoms with Crippen molar-refractivity contribution in [2.75, 3.05) is 11.9 Å². The zero-order chi connectivity index (χ0) is 19.7. The third-order valence-electron chi connectivity index (χ3n) is 4.94. The largest absolute Gasteiger partial charge is 0.326 e. The highest BCUT2D eigenvalue weighted by molar-refractivity contribution is 7.14. The number of benzene rings is 1. The van der Waals surface area contributed by atoms with E-state index in [9.17, 15) is 9.59 Å². The van der Waals surface area contributed by atoms with Crippen molar-refractivity contribution in [1.82, 2.24) is 9.88 Å². The van der Waals surface area contributed by atoms with Crippen LogP contribution in [0.3, 0.4) is 0 Å². The molecular weight excluding hydrogens is 390 g/mol. The van der Waals surface area contributed by atoms with Gasteiger partial charge in [-0.2, -0.15) is 0 Å². The van der Waals surface area contributed by atoms with E-state index >= 15 is 0 Å². The first-order valence-corrected chi connectivity index (χ1v) is 11.0. The van der Waals surface area contributed by atoms with Crippen molar-refractivity contribution in [3.8, 4) is 11.3 Å². The number of hydrogen-bond donors (Lipinski definition) is 1. The molecule has 1 unspecified atom stereocenters. The monoisotopic (exact) mass is 411 g/mol. The second-order valence-electron chi connectivity index (χ2n) is 6.98. The highest BCUT2D eigenvalue weighted by atomic mass is 32.1. The van der Waals surface area contributed by atoms with Crippen molar-refractivity contribution in [2.24, 2.45) is 0 Å². The Morgan fingerprint density at radius 3 is 2.82 bits per heavy atom. The molecule has 3 heterocycles. The summed E-state index contributed by atoms with van der Waals surface area (Å²) in [4.78, 5) is 32.4. The summed E-state index contributed by atoms with van der Waals surface area (Å²) in [6.07, 6.45) is 1.51. The fourth-order valence-corrected chi connectivity index (χ4v) is 4.96. The van der Waals surface area contributed by atoms with Crippen LogP contribution in [0.5, 0.6) is 0 Å². The maximum atomic E-state index is 12.8. The molecule has 4 rings (SSSR count). The van der Waals surface area contributed by atoms with Gasteiger partial charge in [-0.15, -0.1) is 22.7 Å². The Balaban J connectivity index is 1.48. The van der Waals surface area contributed by atoms with Gasteiger partial charge in [0.1, 0.15) is 6.04 Å². The molecule has 1 aliphatic rings. The molecule has 1 N–H and O–H groups in total. The van der Waals surface area contributed by atoms with Crippen LogP contribution in [-0.4, -0.2) is 34.3 Å². The molecule has 0 aliphatic carbocycles. The van der Waals surface area contributed by atoms with E-state index in [0.717, 1.165) is 23.2 Å². The van der Waals surface area contributed by atoms with Gasteiger partial charge in [0.25, 0.3) is 5.91 Å². The lowest BCUT2D eigenvalue weighted by atomic mass is 10.0. The average Bonchev–Trinajstić information content (AvgIpc) is 3.42. The van der Waals surface area contributed by atoms with E-state index in [-0.39, 0.29) is 11.8 Å². The molecule has 1 saturated heterocycles. The number of hydrogen-bond acceptors (Lipinski definition) is 5. The molecule has 0 saturated carbocycles. The average molecular weight is 412 g/mol. The molecule has 28 heavy (non-hydrogen) atoms. The minimum absolute atomic E-state index is 0.0669. The summed E-state index contributed by atoms with van der Waals surface area (Å²) in [5.41, 5.74) is 4.29. The Morgan fingerprint density at radius 1 is 1.21 bits per heavy atom. The van der Waals surface area contributed by atoms with Crippen molar-refractivity contribution >= 4 is 39.6 Å². The summed E-state index contributed by atoms with van der Waals surface area (Å²) >= 11 is 2.81. The van der Waals surface area contributed by atoms with Crippen molar-refractivity contribution in [3.63, 3.8) is 0 Å². The SMILES string of the molecule is Cc1ccc(-c2csc(NC(=O)C3CCCN3C(=O)c3cccs3)n2)c(C)c1. The van der Waals surface area contributed by atoms with Gasteiger partial charge in [0.05, 0.1) is 10.6 Å². The van der Waals surface area contributed by atoms with E-state index in [4.69, 9.17) is 0 Å². The third kappa shape index (κ3) is 3.72. The number of amides is 2. The number of rotatable bonds is 4. The van der Waals surface area contributed by atoms with E-state index in [2.05, 4.69) is 42.3 Å². The normalized spacial score (nSPS) is 16.4. The molecule has 2 amide bonds. The number of nitrogens with zero attached hydrogens (tertiary/aromatic N) is 2. The van der Waals surface area contributed by atoms with Crippen LogP contribution in [-0.2, 0) is 4.79 Å². The predicted molar refractivity (Wildman–Crippen MR) is 114 cm³/mol. The smallest absolute Gasteiger partial charge is 0.264 e. The van der Waals surface area contributed by atoms with Gasteiger partial charge in [0, 0.05) is 17.5 Å². The maximum Gasteiger partial charge on any atom is 0.264 e. The molecule has 7 heteroatoms. The molecule has 1 atom stereocenters. The van der Waals surface area contributed by atoms with E-state index < -0.39 is 6.04 Å². The van der Waals surface area contributed by atoms with Gasteiger partial charge in [-0.25, -0.2) is 4.98 Å². The Morgan fingerprint density at radius 2 is 2.07 bits per heavy atom. The fourth-order valence-electron chi connectivity index (χ4n) is 3.57. The molecule has 0 radical (unpaired) electrons.